The number of hydrazine groups is 1. The fourth-order valence-electron chi connectivity index (χ4n) is 2.48. The van der Waals surface area contributed by atoms with Gasteiger partial charge in [0.1, 0.15) is 11.6 Å². The Bertz CT molecular complexity index is 573. The highest BCUT2D eigenvalue weighted by atomic mass is 16.5. The van der Waals surface area contributed by atoms with Gasteiger partial charge < -0.3 is 4.74 Å². The average molecular weight is 270 g/mol. The van der Waals surface area contributed by atoms with Crippen molar-refractivity contribution < 1.29 is 4.74 Å². The van der Waals surface area contributed by atoms with Gasteiger partial charge in [-0.3, -0.25) is 5.84 Å². The summed E-state index contributed by atoms with van der Waals surface area (Å²) >= 11 is 0. The van der Waals surface area contributed by atoms with Gasteiger partial charge >= 0.3 is 0 Å². The van der Waals surface area contributed by atoms with E-state index in [9.17, 15) is 0 Å². The molecular formula is C15H18N4O. The van der Waals surface area contributed by atoms with Crippen LogP contribution in [0.15, 0.2) is 36.7 Å². The molecule has 104 valence electrons. The van der Waals surface area contributed by atoms with E-state index in [4.69, 9.17) is 10.6 Å². The highest BCUT2D eigenvalue weighted by Gasteiger charge is 2.15. The van der Waals surface area contributed by atoms with Gasteiger partial charge in [0, 0.05) is 18.8 Å². The molecule has 1 aliphatic heterocycles. The van der Waals surface area contributed by atoms with Gasteiger partial charge in [-0.05, 0) is 36.1 Å². The molecule has 5 heteroatoms. The van der Waals surface area contributed by atoms with E-state index in [1.54, 1.807) is 18.5 Å². The maximum atomic E-state index is 5.61. The Kier molecular flexibility index (Phi) is 3.90. The van der Waals surface area contributed by atoms with Crippen molar-refractivity contribution in [2.45, 2.75) is 25.3 Å². The summed E-state index contributed by atoms with van der Waals surface area (Å²) in [5.41, 5.74) is 5.39. The SMILES string of the molecule is NNC(CCc1ccc2c(c1)CCO2)c1ncccn1. The first-order chi connectivity index (χ1) is 9.86. The normalized spacial score (nSPS) is 14.7. The lowest BCUT2D eigenvalue weighted by Crippen LogP contribution is -2.29. The number of hydrogen-bond acceptors (Lipinski definition) is 5. The molecule has 1 aromatic carbocycles. The summed E-state index contributed by atoms with van der Waals surface area (Å²) in [5.74, 6) is 7.37. The minimum atomic E-state index is -0.0271. The van der Waals surface area contributed by atoms with Crippen LogP contribution in [0.2, 0.25) is 0 Å². The first kappa shape index (κ1) is 13.0. The monoisotopic (exact) mass is 270 g/mol. The van der Waals surface area contributed by atoms with E-state index in [0.29, 0.717) is 0 Å². The molecule has 0 saturated carbocycles. The summed E-state index contributed by atoms with van der Waals surface area (Å²) in [6.07, 6.45) is 6.27. The number of hydrogen-bond donors (Lipinski definition) is 2. The molecule has 1 atom stereocenters. The fraction of sp³-hybridized carbons (Fsp3) is 0.333. The molecule has 0 radical (unpaired) electrons. The molecule has 20 heavy (non-hydrogen) atoms. The lowest BCUT2D eigenvalue weighted by atomic mass is 10.0. The van der Waals surface area contributed by atoms with Crippen LogP contribution in [-0.4, -0.2) is 16.6 Å². The van der Waals surface area contributed by atoms with Crippen LogP contribution in [0.5, 0.6) is 5.75 Å². The Balaban J connectivity index is 1.66. The van der Waals surface area contributed by atoms with Crippen LogP contribution < -0.4 is 16.0 Å². The highest BCUT2D eigenvalue weighted by Crippen LogP contribution is 2.27. The predicted molar refractivity (Wildman–Crippen MR) is 76.1 cm³/mol. The fourth-order valence-corrected chi connectivity index (χ4v) is 2.48. The molecule has 2 aromatic rings. The maximum absolute atomic E-state index is 5.61. The molecule has 5 nitrogen and oxygen atoms in total. The zero-order valence-electron chi connectivity index (χ0n) is 11.2. The van der Waals surface area contributed by atoms with Crippen LogP contribution in [0.25, 0.3) is 0 Å². The summed E-state index contributed by atoms with van der Waals surface area (Å²) in [6, 6.07) is 8.17. The standard InChI is InChI=1S/C15H18N4O/c16-19-13(15-17-7-1-8-18-15)4-2-11-3-5-14-12(10-11)6-9-20-14/h1,3,5,7-8,10,13,19H,2,4,6,9,16H2. The lowest BCUT2D eigenvalue weighted by molar-refractivity contribution is 0.357. The van der Waals surface area contributed by atoms with Crippen molar-refractivity contribution in [1.29, 1.82) is 0 Å². The minimum absolute atomic E-state index is 0.0271. The summed E-state index contributed by atoms with van der Waals surface area (Å²) < 4.78 is 5.52. The van der Waals surface area contributed by atoms with Gasteiger partial charge in [0.2, 0.25) is 0 Å². The van der Waals surface area contributed by atoms with Gasteiger partial charge in [0.15, 0.2) is 0 Å². The van der Waals surface area contributed by atoms with Crippen molar-refractivity contribution >= 4 is 0 Å². The topological polar surface area (TPSA) is 73.1 Å². The summed E-state index contributed by atoms with van der Waals surface area (Å²) in [5, 5.41) is 0. The second-order valence-electron chi connectivity index (χ2n) is 4.91. The number of aryl methyl sites for hydroxylation is 1. The first-order valence-corrected chi connectivity index (χ1v) is 6.84. The van der Waals surface area contributed by atoms with Gasteiger partial charge in [-0.2, -0.15) is 0 Å². The molecule has 1 unspecified atom stereocenters. The summed E-state index contributed by atoms with van der Waals surface area (Å²) in [6.45, 7) is 0.795. The third kappa shape index (κ3) is 2.79. The highest BCUT2D eigenvalue weighted by molar-refractivity contribution is 5.39. The van der Waals surface area contributed by atoms with Crippen molar-refractivity contribution in [1.82, 2.24) is 15.4 Å². The smallest absolute Gasteiger partial charge is 0.146 e. The van der Waals surface area contributed by atoms with E-state index in [1.165, 1.54) is 11.1 Å². The van der Waals surface area contributed by atoms with Crippen LogP contribution in [-0.2, 0) is 12.8 Å². The predicted octanol–water partition coefficient (Wildman–Crippen LogP) is 1.55. The Labute approximate surface area is 118 Å². The summed E-state index contributed by atoms with van der Waals surface area (Å²) in [7, 11) is 0. The Hall–Kier alpha value is -1.98. The number of aromatic nitrogens is 2. The molecule has 3 rings (SSSR count). The Morgan fingerprint density at radius 2 is 2.15 bits per heavy atom. The van der Waals surface area contributed by atoms with Crippen molar-refractivity contribution in [2.24, 2.45) is 5.84 Å². The quantitative estimate of drug-likeness (QED) is 0.637. The third-order valence-electron chi connectivity index (χ3n) is 3.57. The van der Waals surface area contributed by atoms with Crippen molar-refractivity contribution in [3.63, 3.8) is 0 Å². The Morgan fingerprint density at radius 3 is 2.95 bits per heavy atom. The number of fused-ring (bicyclic) bond motifs is 1. The molecule has 1 aromatic heterocycles. The van der Waals surface area contributed by atoms with Crippen LogP contribution in [0.1, 0.15) is 29.4 Å². The molecule has 2 heterocycles. The van der Waals surface area contributed by atoms with E-state index >= 15 is 0 Å². The van der Waals surface area contributed by atoms with E-state index in [0.717, 1.165) is 37.4 Å². The molecule has 0 bridgehead atoms. The lowest BCUT2D eigenvalue weighted by Gasteiger charge is -2.14. The maximum Gasteiger partial charge on any atom is 0.146 e. The zero-order valence-corrected chi connectivity index (χ0v) is 11.2. The van der Waals surface area contributed by atoms with Gasteiger partial charge in [-0.15, -0.1) is 0 Å². The minimum Gasteiger partial charge on any atom is -0.493 e. The van der Waals surface area contributed by atoms with E-state index in [-0.39, 0.29) is 6.04 Å². The van der Waals surface area contributed by atoms with Crippen LogP contribution in [0.3, 0.4) is 0 Å². The van der Waals surface area contributed by atoms with Crippen LogP contribution in [0.4, 0.5) is 0 Å². The molecule has 0 spiro atoms. The van der Waals surface area contributed by atoms with Crippen LogP contribution >= 0.6 is 0 Å². The van der Waals surface area contributed by atoms with Gasteiger partial charge in [-0.25, -0.2) is 15.4 Å². The van der Waals surface area contributed by atoms with E-state index in [2.05, 4.69) is 33.6 Å². The van der Waals surface area contributed by atoms with Gasteiger partial charge in [0.25, 0.3) is 0 Å². The number of nitrogens with two attached hydrogens (primary N) is 1. The van der Waals surface area contributed by atoms with E-state index in [1.807, 2.05) is 0 Å². The molecule has 3 N–H and O–H groups in total. The number of rotatable bonds is 5. The molecule has 1 aliphatic rings. The number of benzene rings is 1. The second-order valence-corrected chi connectivity index (χ2v) is 4.91. The molecule has 0 fully saturated rings. The van der Waals surface area contributed by atoms with E-state index < -0.39 is 0 Å². The molecule has 0 aliphatic carbocycles. The molecule has 0 amide bonds. The number of nitrogens with zero attached hydrogens (tertiary/aromatic N) is 2. The first-order valence-electron chi connectivity index (χ1n) is 6.84. The summed E-state index contributed by atoms with van der Waals surface area (Å²) in [4.78, 5) is 8.49. The van der Waals surface area contributed by atoms with Gasteiger partial charge in [0.05, 0.1) is 12.6 Å². The zero-order chi connectivity index (χ0) is 13.8. The van der Waals surface area contributed by atoms with Crippen molar-refractivity contribution in [3.05, 3.63) is 53.6 Å². The van der Waals surface area contributed by atoms with Crippen molar-refractivity contribution in [3.8, 4) is 5.75 Å². The van der Waals surface area contributed by atoms with Crippen molar-refractivity contribution in [2.75, 3.05) is 6.61 Å². The Morgan fingerprint density at radius 1 is 1.30 bits per heavy atom. The molecular weight excluding hydrogens is 252 g/mol. The number of ether oxygens (including phenoxy) is 1. The second kappa shape index (κ2) is 5.98. The van der Waals surface area contributed by atoms with Crippen LogP contribution in [0, 0.1) is 0 Å². The molecule has 0 saturated heterocycles. The number of nitrogens with one attached hydrogen (secondary N) is 1. The third-order valence-corrected chi connectivity index (χ3v) is 3.57. The van der Waals surface area contributed by atoms with Gasteiger partial charge in [-0.1, -0.05) is 12.1 Å². The largest absolute Gasteiger partial charge is 0.493 e. The average Bonchev–Trinajstić information content (AvgIpc) is 2.96.